The van der Waals surface area contributed by atoms with Crippen LogP contribution in [0.5, 0.6) is 0 Å². The van der Waals surface area contributed by atoms with Crippen LogP contribution in [0.15, 0.2) is 17.4 Å². The van der Waals surface area contributed by atoms with Gasteiger partial charge in [0.2, 0.25) is 0 Å². The summed E-state index contributed by atoms with van der Waals surface area (Å²) in [5, 5.41) is 21.6. The minimum Gasteiger partial charge on any atom is -0.289 e. The average molecular weight is 251 g/mol. The van der Waals surface area contributed by atoms with Gasteiger partial charge in [-0.2, -0.15) is 5.53 Å². The maximum atomic E-state index is 13.9. The van der Waals surface area contributed by atoms with Crippen LogP contribution in [0.2, 0.25) is 0 Å². The molecular formula is C10H10FN5O2. The van der Waals surface area contributed by atoms with E-state index in [9.17, 15) is 14.5 Å². The van der Waals surface area contributed by atoms with Crippen LogP contribution >= 0.6 is 0 Å². The topological polar surface area (TPSA) is 106 Å². The standard InChI is InChI=1S/C10H10FN5O2/c11-8-3-7(16(17)18)4-9(15(5-12)14-13)10(8)6-1-2-6/h3-6,12-13H,1-2H2. The summed E-state index contributed by atoms with van der Waals surface area (Å²) in [4.78, 5) is 9.97. The highest BCUT2D eigenvalue weighted by Crippen LogP contribution is 2.46. The van der Waals surface area contributed by atoms with Gasteiger partial charge in [0.1, 0.15) is 12.2 Å². The molecule has 0 atom stereocenters. The molecule has 1 aromatic carbocycles. The maximum absolute atomic E-state index is 13.9. The zero-order valence-electron chi connectivity index (χ0n) is 9.26. The number of nitrogens with one attached hydrogen (secondary N) is 2. The lowest BCUT2D eigenvalue weighted by Crippen LogP contribution is -2.14. The number of rotatable bonds is 5. The van der Waals surface area contributed by atoms with E-state index < -0.39 is 16.4 Å². The predicted molar refractivity (Wildman–Crippen MR) is 61.4 cm³/mol. The largest absolute Gasteiger partial charge is 0.289 e. The number of anilines is 1. The van der Waals surface area contributed by atoms with Gasteiger partial charge in [-0.1, -0.05) is 5.22 Å². The van der Waals surface area contributed by atoms with Gasteiger partial charge in [0.25, 0.3) is 5.69 Å². The second kappa shape index (κ2) is 4.47. The fraction of sp³-hybridized carbons (Fsp3) is 0.300. The lowest BCUT2D eigenvalue weighted by atomic mass is 10.1. The highest BCUT2D eigenvalue weighted by Gasteiger charge is 2.32. The molecule has 0 heterocycles. The third kappa shape index (κ3) is 2.04. The molecule has 0 unspecified atom stereocenters. The number of nitro groups is 1. The van der Waals surface area contributed by atoms with E-state index in [1.54, 1.807) is 0 Å². The van der Waals surface area contributed by atoms with Gasteiger partial charge < -0.3 is 0 Å². The van der Waals surface area contributed by atoms with Crippen molar-refractivity contribution in [2.45, 2.75) is 18.8 Å². The van der Waals surface area contributed by atoms with Gasteiger partial charge in [0.15, 0.2) is 0 Å². The molecule has 2 N–H and O–H groups in total. The number of nitro benzene ring substituents is 1. The van der Waals surface area contributed by atoms with Gasteiger partial charge >= 0.3 is 0 Å². The highest BCUT2D eigenvalue weighted by molar-refractivity contribution is 5.79. The van der Waals surface area contributed by atoms with Crippen LogP contribution in [0.1, 0.15) is 24.3 Å². The molecule has 0 aliphatic heterocycles. The van der Waals surface area contributed by atoms with E-state index >= 15 is 0 Å². The van der Waals surface area contributed by atoms with Gasteiger partial charge in [-0.05, 0) is 18.8 Å². The van der Waals surface area contributed by atoms with Crippen LogP contribution in [0.25, 0.3) is 0 Å². The average Bonchev–Trinajstić information content (AvgIpc) is 3.14. The zero-order valence-corrected chi connectivity index (χ0v) is 9.26. The first kappa shape index (κ1) is 12.1. The van der Waals surface area contributed by atoms with E-state index in [1.165, 1.54) is 0 Å². The first-order chi connectivity index (χ1) is 8.58. The number of nitrogens with zero attached hydrogens (tertiary/aromatic N) is 3. The zero-order chi connectivity index (χ0) is 13.3. The molecule has 0 radical (unpaired) electrons. The summed E-state index contributed by atoms with van der Waals surface area (Å²) in [5.74, 6) is -0.692. The number of hydrogen-bond acceptors (Lipinski definition) is 5. The van der Waals surface area contributed by atoms with Crippen molar-refractivity contribution in [2.24, 2.45) is 5.22 Å². The molecule has 1 aromatic rings. The number of hydrogen-bond donors (Lipinski definition) is 2. The van der Waals surface area contributed by atoms with Crippen LogP contribution in [-0.2, 0) is 0 Å². The molecule has 1 fully saturated rings. The molecule has 0 amide bonds. The first-order valence-electron chi connectivity index (χ1n) is 5.23. The Morgan fingerprint density at radius 3 is 2.67 bits per heavy atom. The van der Waals surface area contributed by atoms with Crippen molar-refractivity contribution in [3.05, 3.63) is 33.6 Å². The Morgan fingerprint density at radius 1 is 1.56 bits per heavy atom. The SMILES string of the molecule is N=CN(N=N)c1cc([N+](=O)[O-])cc(F)c1C1CC1. The van der Waals surface area contributed by atoms with Crippen molar-refractivity contribution >= 4 is 17.7 Å². The number of non-ortho nitro benzene ring substituents is 1. The highest BCUT2D eigenvalue weighted by atomic mass is 19.1. The Morgan fingerprint density at radius 2 is 2.22 bits per heavy atom. The first-order valence-corrected chi connectivity index (χ1v) is 5.23. The molecule has 18 heavy (non-hydrogen) atoms. The Hall–Kier alpha value is -2.38. The van der Waals surface area contributed by atoms with E-state index in [2.05, 4.69) is 5.22 Å². The normalized spacial score (nSPS) is 14.1. The van der Waals surface area contributed by atoms with E-state index in [-0.39, 0.29) is 11.6 Å². The Kier molecular flexibility index (Phi) is 3.00. The van der Waals surface area contributed by atoms with E-state index in [4.69, 9.17) is 10.9 Å². The summed E-state index contributed by atoms with van der Waals surface area (Å²) in [6, 6.07) is 2.00. The molecule has 7 nitrogen and oxygen atoms in total. The minimum atomic E-state index is -0.713. The van der Waals surface area contributed by atoms with Crippen molar-refractivity contribution < 1.29 is 9.31 Å². The maximum Gasteiger partial charge on any atom is 0.274 e. The monoisotopic (exact) mass is 251 g/mol. The van der Waals surface area contributed by atoms with E-state index in [1.807, 2.05) is 0 Å². The molecule has 0 spiro atoms. The van der Waals surface area contributed by atoms with Crippen LogP contribution in [0, 0.1) is 26.9 Å². The summed E-state index contributed by atoms with van der Waals surface area (Å²) in [5.41, 5.74) is 6.88. The summed E-state index contributed by atoms with van der Waals surface area (Å²) in [7, 11) is 0. The molecule has 94 valence electrons. The molecule has 8 heteroatoms. The second-order valence-electron chi connectivity index (χ2n) is 3.97. The second-order valence-corrected chi connectivity index (χ2v) is 3.97. The minimum absolute atomic E-state index is 0.00926. The molecule has 1 aliphatic carbocycles. The van der Waals surface area contributed by atoms with Crippen molar-refractivity contribution in [2.75, 3.05) is 5.01 Å². The molecule has 0 saturated heterocycles. The molecule has 1 aliphatic rings. The quantitative estimate of drug-likeness (QED) is 0.276. The third-order valence-corrected chi connectivity index (χ3v) is 2.77. The fourth-order valence-corrected chi connectivity index (χ4v) is 1.81. The third-order valence-electron chi connectivity index (χ3n) is 2.77. The molecular weight excluding hydrogens is 241 g/mol. The molecule has 2 rings (SSSR count). The van der Waals surface area contributed by atoms with Gasteiger partial charge in [0.05, 0.1) is 16.7 Å². The van der Waals surface area contributed by atoms with Crippen molar-refractivity contribution in [1.82, 2.24) is 0 Å². The summed E-state index contributed by atoms with van der Waals surface area (Å²) in [6.45, 7) is 0. The van der Waals surface area contributed by atoms with Crippen LogP contribution in [0.4, 0.5) is 15.8 Å². The summed E-state index contributed by atoms with van der Waals surface area (Å²) >= 11 is 0. The van der Waals surface area contributed by atoms with E-state index in [0.717, 1.165) is 36.3 Å². The Balaban J connectivity index is 2.60. The molecule has 1 saturated carbocycles. The lowest BCUT2D eigenvalue weighted by molar-refractivity contribution is -0.385. The number of benzene rings is 1. The lowest BCUT2D eigenvalue weighted by Gasteiger charge is -2.15. The Labute approximate surface area is 101 Å². The van der Waals surface area contributed by atoms with E-state index in [0.29, 0.717) is 5.56 Å². The summed E-state index contributed by atoms with van der Waals surface area (Å²) < 4.78 is 13.9. The van der Waals surface area contributed by atoms with Crippen molar-refractivity contribution in [3.8, 4) is 0 Å². The van der Waals surface area contributed by atoms with Gasteiger partial charge in [-0.15, -0.1) is 0 Å². The van der Waals surface area contributed by atoms with Gasteiger partial charge in [-0.25, -0.2) is 9.40 Å². The molecule has 0 aromatic heterocycles. The number of halogens is 1. The van der Waals surface area contributed by atoms with Crippen LogP contribution < -0.4 is 5.01 Å². The van der Waals surface area contributed by atoms with Gasteiger partial charge in [-0.3, -0.25) is 15.5 Å². The van der Waals surface area contributed by atoms with Gasteiger partial charge in [0, 0.05) is 11.6 Å². The van der Waals surface area contributed by atoms with Crippen LogP contribution in [-0.4, -0.2) is 11.3 Å². The predicted octanol–water partition coefficient (Wildman–Crippen LogP) is 2.97. The smallest absolute Gasteiger partial charge is 0.274 e. The Bertz CT molecular complexity index is 521. The summed E-state index contributed by atoms with van der Waals surface area (Å²) in [6.07, 6.45) is 2.31. The fourth-order valence-electron chi connectivity index (χ4n) is 1.81. The van der Waals surface area contributed by atoms with Crippen molar-refractivity contribution in [1.29, 1.82) is 10.9 Å². The molecule has 0 bridgehead atoms. The van der Waals surface area contributed by atoms with Crippen molar-refractivity contribution in [3.63, 3.8) is 0 Å². The van der Waals surface area contributed by atoms with Crippen LogP contribution in [0.3, 0.4) is 0 Å².